The Labute approximate surface area is 168 Å². The molecule has 0 spiro atoms. The summed E-state index contributed by atoms with van der Waals surface area (Å²) in [5, 5.41) is 0. The van der Waals surface area contributed by atoms with E-state index in [2.05, 4.69) is 4.98 Å². The molecule has 0 saturated carbocycles. The number of rotatable bonds is 6. The van der Waals surface area contributed by atoms with E-state index in [0.29, 0.717) is 25.0 Å². The van der Waals surface area contributed by atoms with Crippen LogP contribution in [0.25, 0.3) is 0 Å². The topological polar surface area (TPSA) is 129 Å². The van der Waals surface area contributed by atoms with Crippen molar-refractivity contribution in [3.8, 4) is 0 Å². The molecule has 11 heteroatoms. The second-order valence-electron chi connectivity index (χ2n) is 8.79. The maximum atomic E-state index is 12.5. The molecule has 2 fully saturated rings. The summed E-state index contributed by atoms with van der Waals surface area (Å²) >= 11 is 0. The quantitative estimate of drug-likeness (QED) is 0.652. The number of aromatic amines is 1. The lowest BCUT2D eigenvalue weighted by Crippen LogP contribution is -2.51. The molecule has 0 amide bonds. The number of hydrogen-bond donors (Lipinski definition) is 2. The van der Waals surface area contributed by atoms with Crippen LogP contribution in [0, 0.1) is 12.3 Å². The predicted molar refractivity (Wildman–Crippen MR) is 104 cm³/mol. The largest absolute Gasteiger partial charge is 0.472 e. The number of H-pyrrole nitrogens is 1. The van der Waals surface area contributed by atoms with Crippen LogP contribution in [0.4, 0.5) is 0 Å². The molecular formula is C18H29N2O8P. The van der Waals surface area contributed by atoms with Gasteiger partial charge in [-0.1, -0.05) is 20.8 Å². The molecule has 0 aliphatic carbocycles. The lowest BCUT2D eigenvalue weighted by Gasteiger charge is -2.42. The Kier molecular flexibility index (Phi) is 5.99. The monoisotopic (exact) mass is 432 g/mol. The molecular weight excluding hydrogens is 403 g/mol. The Morgan fingerprint density at radius 2 is 2.10 bits per heavy atom. The van der Waals surface area contributed by atoms with Crippen molar-refractivity contribution in [2.75, 3.05) is 13.2 Å². The fourth-order valence-electron chi connectivity index (χ4n) is 4.17. The highest BCUT2D eigenvalue weighted by atomic mass is 31.2. The van der Waals surface area contributed by atoms with Crippen molar-refractivity contribution >= 4 is 7.82 Å². The molecule has 2 aliphatic heterocycles. The molecule has 10 nitrogen and oxygen atoms in total. The number of ether oxygens (including phenoxy) is 2. The van der Waals surface area contributed by atoms with Crippen molar-refractivity contribution in [3.63, 3.8) is 0 Å². The van der Waals surface area contributed by atoms with Crippen molar-refractivity contribution in [2.24, 2.45) is 5.41 Å². The van der Waals surface area contributed by atoms with Crippen LogP contribution in [0.3, 0.4) is 0 Å². The van der Waals surface area contributed by atoms with Crippen LogP contribution < -0.4 is 11.2 Å². The highest BCUT2D eigenvalue weighted by Gasteiger charge is 2.62. The van der Waals surface area contributed by atoms with E-state index in [4.69, 9.17) is 18.5 Å². The van der Waals surface area contributed by atoms with E-state index in [0.717, 1.165) is 0 Å². The molecule has 5 atom stereocenters. The Bertz CT molecular complexity index is 920. The molecule has 3 rings (SSSR count). The number of phosphoric acid groups is 1. The molecule has 2 N–H and O–H groups in total. The average Bonchev–Trinajstić information content (AvgIpc) is 2.72. The summed E-state index contributed by atoms with van der Waals surface area (Å²) in [5.74, 6) is 0. The lowest BCUT2D eigenvalue weighted by atomic mass is 9.76. The maximum Gasteiger partial charge on any atom is 0.472 e. The highest BCUT2D eigenvalue weighted by molar-refractivity contribution is 7.47. The van der Waals surface area contributed by atoms with Crippen molar-refractivity contribution in [3.05, 3.63) is 32.6 Å². The van der Waals surface area contributed by atoms with Crippen LogP contribution in [0.15, 0.2) is 15.8 Å². The van der Waals surface area contributed by atoms with Gasteiger partial charge < -0.3 is 14.4 Å². The standard InChI is InChI=1S/C18H29N2O8P/c1-6-26-29(23,24)28-13-12-15(20-9-11(2)14(21)19-16(20)22)27-18(13,7-8-25-12)10-17(3,4)5/h9,12-13,15H,6-8,10H2,1-5H3,(H,23,24)(H,19,21,22)/t12?,13?,15-,18-/m1/s1. The van der Waals surface area contributed by atoms with E-state index in [1.54, 1.807) is 13.8 Å². The summed E-state index contributed by atoms with van der Waals surface area (Å²) in [6.07, 6.45) is -0.347. The van der Waals surface area contributed by atoms with E-state index in [1.807, 2.05) is 20.8 Å². The van der Waals surface area contributed by atoms with Gasteiger partial charge in [0.2, 0.25) is 0 Å². The molecule has 3 unspecified atom stereocenters. The summed E-state index contributed by atoms with van der Waals surface area (Å²) in [6, 6.07) is 0. The first-order valence-corrected chi connectivity index (χ1v) is 11.1. The number of nitrogens with zero attached hydrogens (tertiary/aromatic N) is 1. The second kappa shape index (κ2) is 7.76. The summed E-state index contributed by atoms with van der Waals surface area (Å²) in [7, 11) is -4.36. The number of phosphoric ester groups is 1. The Balaban J connectivity index is 2.06. The number of hydrogen-bond acceptors (Lipinski definition) is 7. The number of fused-ring (bicyclic) bond motifs is 2. The number of aromatic nitrogens is 2. The van der Waals surface area contributed by atoms with Gasteiger partial charge in [0.05, 0.1) is 13.2 Å². The van der Waals surface area contributed by atoms with Crippen LogP contribution in [0.1, 0.15) is 52.3 Å². The van der Waals surface area contributed by atoms with Gasteiger partial charge in [-0.05, 0) is 25.7 Å². The van der Waals surface area contributed by atoms with Gasteiger partial charge in [-0.2, -0.15) is 0 Å². The molecule has 29 heavy (non-hydrogen) atoms. The van der Waals surface area contributed by atoms with Crippen LogP contribution in [-0.4, -0.2) is 45.5 Å². The van der Waals surface area contributed by atoms with Crippen LogP contribution in [0.5, 0.6) is 0 Å². The van der Waals surface area contributed by atoms with Crippen molar-refractivity contribution in [1.29, 1.82) is 0 Å². The smallest absolute Gasteiger partial charge is 0.371 e. The predicted octanol–water partition coefficient (Wildman–Crippen LogP) is 1.86. The van der Waals surface area contributed by atoms with Crippen molar-refractivity contribution in [2.45, 2.75) is 71.5 Å². The van der Waals surface area contributed by atoms with Gasteiger partial charge in [0.1, 0.15) is 17.8 Å². The zero-order valence-corrected chi connectivity index (χ0v) is 18.2. The van der Waals surface area contributed by atoms with Crippen molar-refractivity contribution in [1.82, 2.24) is 9.55 Å². The molecule has 3 heterocycles. The molecule has 1 aromatic rings. The van der Waals surface area contributed by atoms with Gasteiger partial charge in [-0.15, -0.1) is 0 Å². The average molecular weight is 432 g/mol. The molecule has 0 radical (unpaired) electrons. The molecule has 1 aromatic heterocycles. The third-order valence-corrected chi connectivity index (χ3v) is 6.16. The van der Waals surface area contributed by atoms with E-state index >= 15 is 0 Å². The van der Waals surface area contributed by atoms with Gasteiger partial charge in [0.15, 0.2) is 6.23 Å². The zero-order chi connectivity index (χ0) is 21.6. The second-order valence-corrected chi connectivity index (χ2v) is 10.2. The van der Waals surface area contributed by atoms with E-state index < -0.39 is 43.1 Å². The van der Waals surface area contributed by atoms with Gasteiger partial charge in [-0.25, -0.2) is 9.36 Å². The third kappa shape index (κ3) is 4.57. The minimum atomic E-state index is -4.36. The number of nitrogens with one attached hydrogen (secondary N) is 1. The van der Waals surface area contributed by atoms with Gasteiger partial charge in [0.25, 0.3) is 5.56 Å². The Hall–Kier alpha value is -1.29. The molecule has 164 valence electrons. The molecule has 0 aromatic carbocycles. The summed E-state index contributed by atoms with van der Waals surface area (Å²) in [4.78, 5) is 36.6. The summed E-state index contributed by atoms with van der Waals surface area (Å²) < 4.78 is 36.3. The maximum absolute atomic E-state index is 12.5. The van der Waals surface area contributed by atoms with E-state index in [-0.39, 0.29) is 12.0 Å². The van der Waals surface area contributed by atoms with Gasteiger partial charge in [0, 0.05) is 18.2 Å². The first-order chi connectivity index (χ1) is 13.4. The molecule has 2 bridgehead atoms. The van der Waals surface area contributed by atoms with Crippen molar-refractivity contribution < 1.29 is 28.0 Å². The third-order valence-electron chi connectivity index (χ3n) is 5.08. The Morgan fingerprint density at radius 3 is 2.72 bits per heavy atom. The Morgan fingerprint density at radius 1 is 1.41 bits per heavy atom. The SMILES string of the molecule is CCOP(=O)(O)OC1C2OCC[C@]1(CC(C)(C)C)O[C@H]2n1cc(C)c(=O)[nH]c1=O. The van der Waals surface area contributed by atoms with Crippen LogP contribution in [-0.2, 0) is 23.1 Å². The van der Waals surface area contributed by atoms with Gasteiger partial charge >= 0.3 is 13.5 Å². The molecule has 2 saturated heterocycles. The normalized spacial score (nSPS) is 31.6. The van der Waals surface area contributed by atoms with E-state index in [9.17, 15) is 19.0 Å². The fraction of sp³-hybridized carbons (Fsp3) is 0.778. The summed E-state index contributed by atoms with van der Waals surface area (Å²) in [6.45, 7) is 9.59. The first kappa shape index (κ1) is 22.4. The highest BCUT2D eigenvalue weighted by Crippen LogP contribution is 2.56. The van der Waals surface area contributed by atoms with Gasteiger partial charge in [-0.3, -0.25) is 23.4 Å². The molecule has 2 aliphatic rings. The summed E-state index contributed by atoms with van der Waals surface area (Å²) in [5.41, 5.74) is -1.95. The van der Waals surface area contributed by atoms with Crippen LogP contribution >= 0.6 is 7.82 Å². The first-order valence-electron chi connectivity index (χ1n) is 9.65. The lowest BCUT2D eigenvalue weighted by molar-refractivity contribution is -0.136. The minimum absolute atomic E-state index is 0.00114. The van der Waals surface area contributed by atoms with E-state index in [1.165, 1.54) is 10.8 Å². The fourth-order valence-corrected chi connectivity index (χ4v) is 5.16. The zero-order valence-electron chi connectivity index (χ0n) is 17.3. The minimum Gasteiger partial charge on any atom is -0.371 e. The van der Waals surface area contributed by atoms with Crippen LogP contribution in [0.2, 0.25) is 0 Å². The number of aryl methyl sites for hydroxylation is 1.